The van der Waals surface area contributed by atoms with Gasteiger partial charge in [-0.2, -0.15) is 9.78 Å². The maximum Gasteiger partial charge on any atom is 0.281 e. The van der Waals surface area contributed by atoms with Gasteiger partial charge in [0.25, 0.3) is 5.56 Å². The molecule has 1 aromatic carbocycles. The van der Waals surface area contributed by atoms with Crippen LogP contribution >= 0.6 is 0 Å². The van der Waals surface area contributed by atoms with Gasteiger partial charge in [-0.25, -0.2) is 4.98 Å². The number of aromatic nitrogens is 2. The molecule has 0 bridgehead atoms. The molecule has 0 amide bonds. The molecular weight excluding hydrogens is 244 g/mol. The lowest BCUT2D eigenvalue weighted by Crippen LogP contribution is -2.35. The molecule has 6 heteroatoms. The lowest BCUT2D eigenvalue weighted by atomic mass is 10.2. The van der Waals surface area contributed by atoms with Crippen LogP contribution in [-0.2, 0) is 4.74 Å². The van der Waals surface area contributed by atoms with Crippen LogP contribution in [0.5, 0.6) is 0 Å². The zero-order valence-corrected chi connectivity index (χ0v) is 10.4. The Kier molecular flexibility index (Phi) is 3.24. The average Bonchev–Trinajstić information content (AvgIpc) is 2.48. The van der Waals surface area contributed by atoms with Gasteiger partial charge in [-0.1, -0.05) is 12.1 Å². The van der Waals surface area contributed by atoms with E-state index in [9.17, 15) is 4.79 Å². The van der Waals surface area contributed by atoms with Crippen LogP contribution in [0, 0.1) is 0 Å². The van der Waals surface area contributed by atoms with Crippen molar-refractivity contribution in [2.45, 2.75) is 0 Å². The summed E-state index contributed by atoms with van der Waals surface area (Å²) in [5.74, 6) is 0. The van der Waals surface area contributed by atoms with Gasteiger partial charge in [0, 0.05) is 13.1 Å². The van der Waals surface area contributed by atoms with Crippen molar-refractivity contribution >= 4 is 17.2 Å². The van der Waals surface area contributed by atoms with Gasteiger partial charge in [-0.3, -0.25) is 4.79 Å². The van der Waals surface area contributed by atoms with Crippen molar-refractivity contribution in [3.8, 4) is 0 Å². The van der Waals surface area contributed by atoms with E-state index in [-0.39, 0.29) is 5.56 Å². The summed E-state index contributed by atoms with van der Waals surface area (Å²) in [6.45, 7) is 2.96. The fraction of sp³-hybridized carbons (Fsp3) is 0.308. The Hall–Kier alpha value is -2.21. The van der Waals surface area contributed by atoms with Crippen molar-refractivity contribution in [1.82, 2.24) is 14.6 Å². The Balaban J connectivity index is 1.90. The number of rotatable bonds is 2. The molecule has 6 nitrogen and oxygen atoms in total. The third-order valence-corrected chi connectivity index (χ3v) is 3.03. The molecule has 2 heterocycles. The summed E-state index contributed by atoms with van der Waals surface area (Å²) < 4.78 is 6.51. The number of hydrogen-bond donors (Lipinski definition) is 0. The van der Waals surface area contributed by atoms with E-state index in [1.807, 2.05) is 23.1 Å². The number of ether oxygens (including phenoxy) is 1. The minimum Gasteiger partial charge on any atom is -0.378 e. The number of fused-ring (bicyclic) bond motifs is 1. The molecule has 1 aliphatic rings. The van der Waals surface area contributed by atoms with Crippen LogP contribution in [0.4, 0.5) is 0 Å². The van der Waals surface area contributed by atoms with Gasteiger partial charge in [0.2, 0.25) is 0 Å². The second-order valence-electron chi connectivity index (χ2n) is 4.29. The maximum absolute atomic E-state index is 12.2. The van der Waals surface area contributed by atoms with E-state index < -0.39 is 0 Å². The van der Waals surface area contributed by atoms with Gasteiger partial charge in [-0.15, -0.1) is 0 Å². The molecule has 0 spiro atoms. The summed E-state index contributed by atoms with van der Waals surface area (Å²) in [5.41, 5.74) is 0.528. The number of para-hydroxylation sites is 1. The predicted octanol–water partition coefficient (Wildman–Crippen LogP) is 0.520. The molecule has 1 saturated heterocycles. The van der Waals surface area contributed by atoms with Crippen LogP contribution < -0.4 is 5.56 Å². The van der Waals surface area contributed by atoms with Gasteiger partial charge in [0.15, 0.2) is 0 Å². The monoisotopic (exact) mass is 258 g/mol. The molecule has 0 aliphatic carbocycles. The molecule has 19 heavy (non-hydrogen) atoms. The molecule has 0 saturated carbocycles. The number of hydrogen-bond acceptors (Lipinski definition) is 4. The molecule has 3 rings (SSSR count). The standard InChI is InChI=1S/C13H14N4O2/c18-13-11-3-1-2-4-12(11)14-9-17(13)15-10-16-5-7-19-8-6-16/h1-4,9-10H,5-8H2/b15-10-. The zero-order valence-electron chi connectivity index (χ0n) is 10.4. The Morgan fingerprint density at radius 2 is 2.05 bits per heavy atom. The summed E-state index contributed by atoms with van der Waals surface area (Å²) >= 11 is 0. The number of nitrogens with zero attached hydrogens (tertiary/aromatic N) is 4. The highest BCUT2D eigenvalue weighted by Crippen LogP contribution is 2.04. The van der Waals surface area contributed by atoms with Gasteiger partial charge in [0.05, 0.1) is 24.1 Å². The van der Waals surface area contributed by atoms with Gasteiger partial charge in [0.1, 0.15) is 12.7 Å². The molecule has 98 valence electrons. The average molecular weight is 258 g/mol. The molecule has 0 unspecified atom stereocenters. The van der Waals surface area contributed by atoms with Crippen LogP contribution in [-0.4, -0.2) is 47.2 Å². The summed E-state index contributed by atoms with van der Waals surface area (Å²) in [5, 5.41) is 4.74. The van der Waals surface area contributed by atoms with Crippen LogP contribution in [0.25, 0.3) is 10.9 Å². The van der Waals surface area contributed by atoms with E-state index in [1.54, 1.807) is 12.4 Å². The minimum atomic E-state index is -0.157. The quantitative estimate of drug-likeness (QED) is 0.582. The number of morpholine rings is 1. The number of benzene rings is 1. The first-order valence-electron chi connectivity index (χ1n) is 6.17. The molecule has 2 aromatic rings. The summed E-state index contributed by atoms with van der Waals surface area (Å²) in [7, 11) is 0. The van der Waals surface area contributed by atoms with Gasteiger partial charge >= 0.3 is 0 Å². The lowest BCUT2D eigenvalue weighted by molar-refractivity contribution is 0.0699. The second-order valence-corrected chi connectivity index (χ2v) is 4.29. The zero-order chi connectivity index (χ0) is 13.1. The van der Waals surface area contributed by atoms with Crippen molar-refractivity contribution < 1.29 is 4.74 Å². The Morgan fingerprint density at radius 1 is 1.26 bits per heavy atom. The summed E-state index contributed by atoms with van der Waals surface area (Å²) in [4.78, 5) is 18.4. The molecule has 0 radical (unpaired) electrons. The van der Waals surface area contributed by atoms with Crippen molar-refractivity contribution in [3.63, 3.8) is 0 Å². The highest BCUT2D eigenvalue weighted by Gasteiger charge is 2.06. The molecule has 0 N–H and O–H groups in total. The van der Waals surface area contributed by atoms with Crippen LogP contribution in [0.1, 0.15) is 0 Å². The first kappa shape index (κ1) is 11.9. The molecule has 1 aliphatic heterocycles. The van der Waals surface area contributed by atoms with Crippen molar-refractivity contribution in [3.05, 3.63) is 40.9 Å². The summed E-state index contributed by atoms with van der Waals surface area (Å²) in [6.07, 6.45) is 3.11. The van der Waals surface area contributed by atoms with Crippen LogP contribution in [0.3, 0.4) is 0 Å². The molecular formula is C13H14N4O2. The van der Waals surface area contributed by atoms with Crippen LogP contribution in [0.15, 0.2) is 40.5 Å². The Bertz CT molecular complexity index is 659. The summed E-state index contributed by atoms with van der Waals surface area (Å²) in [6, 6.07) is 7.25. The Labute approximate surface area is 109 Å². The highest BCUT2D eigenvalue weighted by atomic mass is 16.5. The highest BCUT2D eigenvalue weighted by molar-refractivity contribution is 5.76. The smallest absolute Gasteiger partial charge is 0.281 e. The topological polar surface area (TPSA) is 59.7 Å². The van der Waals surface area contributed by atoms with E-state index in [1.165, 1.54) is 11.0 Å². The first-order valence-corrected chi connectivity index (χ1v) is 6.17. The fourth-order valence-corrected chi connectivity index (χ4v) is 1.96. The lowest BCUT2D eigenvalue weighted by Gasteiger charge is -2.23. The maximum atomic E-state index is 12.2. The Morgan fingerprint density at radius 3 is 2.89 bits per heavy atom. The van der Waals surface area contributed by atoms with E-state index >= 15 is 0 Å². The van der Waals surface area contributed by atoms with Gasteiger partial charge in [-0.05, 0) is 12.1 Å². The predicted molar refractivity (Wildman–Crippen MR) is 72.3 cm³/mol. The minimum absolute atomic E-state index is 0.157. The van der Waals surface area contributed by atoms with Crippen molar-refractivity contribution in [2.75, 3.05) is 26.3 Å². The third kappa shape index (κ3) is 2.48. The second kappa shape index (κ2) is 5.19. The molecule has 0 atom stereocenters. The van der Waals surface area contributed by atoms with E-state index in [2.05, 4.69) is 10.1 Å². The van der Waals surface area contributed by atoms with Crippen molar-refractivity contribution in [2.24, 2.45) is 5.10 Å². The van der Waals surface area contributed by atoms with E-state index in [4.69, 9.17) is 4.74 Å². The van der Waals surface area contributed by atoms with Crippen molar-refractivity contribution in [1.29, 1.82) is 0 Å². The van der Waals surface area contributed by atoms with E-state index in [0.717, 1.165) is 13.1 Å². The molecule has 1 fully saturated rings. The van der Waals surface area contributed by atoms with Gasteiger partial charge < -0.3 is 9.64 Å². The first-order chi connectivity index (χ1) is 9.34. The van der Waals surface area contributed by atoms with Crippen LogP contribution in [0.2, 0.25) is 0 Å². The largest absolute Gasteiger partial charge is 0.378 e. The molecule has 1 aromatic heterocycles. The normalized spacial score (nSPS) is 16.3. The van der Waals surface area contributed by atoms with E-state index in [0.29, 0.717) is 24.1 Å². The fourth-order valence-electron chi connectivity index (χ4n) is 1.96. The SMILES string of the molecule is O=c1c2ccccc2ncn1/N=C\N1CCOCC1. The third-order valence-electron chi connectivity index (χ3n) is 3.03.